The van der Waals surface area contributed by atoms with Crippen molar-refractivity contribution in [3.05, 3.63) is 15.9 Å². The van der Waals surface area contributed by atoms with Crippen molar-refractivity contribution in [3.63, 3.8) is 0 Å². The second kappa shape index (κ2) is 6.01. The molecular weight excluding hydrogens is 388 g/mol. The Hall–Kier alpha value is -0.000000000000000111. The summed E-state index contributed by atoms with van der Waals surface area (Å²) in [6, 6.07) is 1.32. The summed E-state index contributed by atoms with van der Waals surface area (Å²) in [5.41, 5.74) is 0. The molecule has 1 unspecified atom stereocenters. The molecule has 2 rings (SSSR count). The van der Waals surface area contributed by atoms with Crippen molar-refractivity contribution in [3.8, 4) is 0 Å². The lowest BCUT2D eigenvalue weighted by atomic mass is 10.1. The fourth-order valence-corrected chi connectivity index (χ4v) is 6.91. The highest BCUT2D eigenvalue weighted by Gasteiger charge is 2.33. The molecule has 0 spiro atoms. The summed E-state index contributed by atoms with van der Waals surface area (Å²) in [4.78, 5) is 0. The minimum Gasteiger partial charge on any atom is -0.213 e. The van der Waals surface area contributed by atoms with E-state index in [1.807, 2.05) is 0 Å². The van der Waals surface area contributed by atoms with Gasteiger partial charge in [-0.15, -0.1) is 11.3 Å². The molecule has 1 aliphatic heterocycles. The Kier molecular flexibility index (Phi) is 4.92. The van der Waals surface area contributed by atoms with E-state index < -0.39 is 20.0 Å². The number of piperidine rings is 1. The molecule has 1 aromatic rings. The van der Waals surface area contributed by atoms with Gasteiger partial charge in [-0.05, 0) is 40.2 Å². The smallest absolute Gasteiger partial charge is 0.213 e. The molecule has 2 heterocycles. The van der Waals surface area contributed by atoms with E-state index in [9.17, 15) is 16.8 Å². The summed E-state index contributed by atoms with van der Waals surface area (Å²) >= 11 is 4.38. The zero-order chi connectivity index (χ0) is 15.0. The summed E-state index contributed by atoms with van der Waals surface area (Å²) < 4.78 is 52.2. The second-order valence-corrected chi connectivity index (χ2v) is 10.3. The Labute approximate surface area is 131 Å². The van der Waals surface area contributed by atoms with E-state index >= 15 is 0 Å². The van der Waals surface area contributed by atoms with E-state index in [0.29, 0.717) is 23.9 Å². The maximum absolute atomic E-state index is 12.5. The van der Waals surface area contributed by atoms with Gasteiger partial charge in [0.1, 0.15) is 4.21 Å². The largest absolute Gasteiger partial charge is 0.253 e. The summed E-state index contributed by atoms with van der Waals surface area (Å²) in [6.07, 6.45) is 2.36. The van der Waals surface area contributed by atoms with Gasteiger partial charge in [0, 0.05) is 23.6 Å². The predicted octanol–water partition coefficient (Wildman–Crippen LogP) is 1.21. The van der Waals surface area contributed by atoms with Gasteiger partial charge in [-0.25, -0.2) is 21.6 Å². The maximum atomic E-state index is 12.5. The minimum absolute atomic E-state index is 0.166. The van der Waals surface area contributed by atoms with Gasteiger partial charge in [-0.2, -0.15) is 4.31 Å². The van der Waals surface area contributed by atoms with Crippen LogP contribution in [0.1, 0.15) is 12.8 Å². The fourth-order valence-electron chi connectivity index (χ4n) is 2.14. The van der Waals surface area contributed by atoms with Crippen molar-refractivity contribution in [2.75, 3.05) is 19.3 Å². The number of rotatable bonds is 4. The van der Waals surface area contributed by atoms with Crippen LogP contribution in [-0.4, -0.2) is 46.5 Å². The number of halogens is 1. The zero-order valence-corrected chi connectivity index (χ0v) is 14.8. The highest BCUT2D eigenvalue weighted by molar-refractivity contribution is 9.10. The summed E-state index contributed by atoms with van der Waals surface area (Å²) in [5, 5.41) is 1.70. The SMILES string of the molecule is CS(=O)(=O)NC1CCCN(S(=O)(=O)c2sccc2Br)C1. The van der Waals surface area contributed by atoms with E-state index in [4.69, 9.17) is 0 Å². The van der Waals surface area contributed by atoms with Gasteiger partial charge in [-0.3, -0.25) is 0 Å². The van der Waals surface area contributed by atoms with E-state index in [1.165, 1.54) is 4.31 Å². The van der Waals surface area contributed by atoms with E-state index in [0.717, 1.165) is 17.6 Å². The van der Waals surface area contributed by atoms with Crippen molar-refractivity contribution < 1.29 is 16.8 Å². The molecule has 1 aliphatic rings. The lowest BCUT2D eigenvalue weighted by molar-refractivity contribution is 0.304. The highest BCUT2D eigenvalue weighted by Crippen LogP contribution is 2.31. The van der Waals surface area contributed by atoms with Crippen LogP contribution in [0.2, 0.25) is 0 Å². The number of thiophene rings is 1. The summed E-state index contributed by atoms with van der Waals surface area (Å²) in [7, 11) is -6.90. The van der Waals surface area contributed by atoms with Crippen LogP contribution in [0.25, 0.3) is 0 Å². The standard InChI is InChI=1S/C10H15BrN2O4S3/c1-19(14,15)12-8-3-2-5-13(7-8)20(16,17)10-9(11)4-6-18-10/h4,6,8,12H,2-3,5,7H2,1H3. The Morgan fingerprint density at radius 1 is 1.40 bits per heavy atom. The van der Waals surface area contributed by atoms with Crippen LogP contribution in [-0.2, 0) is 20.0 Å². The molecule has 1 atom stereocenters. The van der Waals surface area contributed by atoms with E-state index in [1.54, 1.807) is 11.4 Å². The summed E-state index contributed by atoms with van der Waals surface area (Å²) in [6.45, 7) is 0.578. The van der Waals surface area contributed by atoms with Gasteiger partial charge in [0.2, 0.25) is 10.0 Å². The second-order valence-electron chi connectivity index (χ2n) is 4.65. The van der Waals surface area contributed by atoms with Crippen LogP contribution >= 0.6 is 27.3 Å². The molecule has 1 aromatic heterocycles. The van der Waals surface area contributed by atoms with Gasteiger partial charge in [-0.1, -0.05) is 0 Å². The number of hydrogen-bond donors (Lipinski definition) is 1. The first-order chi connectivity index (χ1) is 9.20. The lowest BCUT2D eigenvalue weighted by Crippen LogP contribution is -2.49. The Morgan fingerprint density at radius 2 is 2.10 bits per heavy atom. The Bertz CT molecular complexity index is 683. The molecule has 114 valence electrons. The molecule has 0 bridgehead atoms. The third kappa shape index (κ3) is 3.80. The van der Waals surface area contributed by atoms with Crippen LogP contribution in [0.3, 0.4) is 0 Å². The number of nitrogens with one attached hydrogen (secondary N) is 1. The quantitative estimate of drug-likeness (QED) is 0.819. The normalized spacial score (nSPS) is 22.0. The average molecular weight is 403 g/mol. The number of hydrogen-bond acceptors (Lipinski definition) is 5. The van der Waals surface area contributed by atoms with Crippen molar-refractivity contribution >= 4 is 47.3 Å². The van der Waals surface area contributed by atoms with Gasteiger partial charge in [0.05, 0.1) is 6.26 Å². The van der Waals surface area contributed by atoms with E-state index in [-0.39, 0.29) is 16.8 Å². The molecule has 6 nitrogen and oxygen atoms in total. The van der Waals surface area contributed by atoms with E-state index in [2.05, 4.69) is 20.7 Å². The monoisotopic (exact) mass is 402 g/mol. The van der Waals surface area contributed by atoms with Crippen molar-refractivity contribution in [1.82, 2.24) is 9.03 Å². The highest BCUT2D eigenvalue weighted by atomic mass is 79.9. The molecule has 0 amide bonds. The molecule has 1 fully saturated rings. The van der Waals surface area contributed by atoms with Crippen LogP contribution in [0.5, 0.6) is 0 Å². The molecule has 1 saturated heterocycles. The van der Waals surface area contributed by atoms with Crippen molar-refractivity contribution in [1.29, 1.82) is 0 Å². The molecular formula is C10H15BrN2O4S3. The summed E-state index contributed by atoms with van der Waals surface area (Å²) in [5.74, 6) is 0. The fraction of sp³-hybridized carbons (Fsp3) is 0.600. The van der Waals surface area contributed by atoms with Crippen LogP contribution in [0, 0.1) is 0 Å². The van der Waals surface area contributed by atoms with Gasteiger partial charge >= 0.3 is 0 Å². The molecule has 0 radical (unpaired) electrons. The predicted molar refractivity (Wildman–Crippen MR) is 81.8 cm³/mol. The average Bonchev–Trinajstić information content (AvgIpc) is 2.74. The van der Waals surface area contributed by atoms with Gasteiger partial charge < -0.3 is 0 Å². The molecule has 0 saturated carbocycles. The first kappa shape index (κ1) is 16.4. The Balaban J connectivity index is 2.19. The Morgan fingerprint density at radius 3 is 2.65 bits per heavy atom. The van der Waals surface area contributed by atoms with Gasteiger partial charge in [0.15, 0.2) is 0 Å². The molecule has 0 aliphatic carbocycles. The maximum Gasteiger partial charge on any atom is 0.253 e. The molecule has 1 N–H and O–H groups in total. The number of nitrogens with zero attached hydrogens (tertiary/aromatic N) is 1. The minimum atomic E-state index is -3.57. The lowest BCUT2D eigenvalue weighted by Gasteiger charge is -2.31. The molecule has 0 aromatic carbocycles. The van der Waals surface area contributed by atoms with Crippen LogP contribution < -0.4 is 4.72 Å². The first-order valence-electron chi connectivity index (χ1n) is 5.90. The van der Waals surface area contributed by atoms with Crippen LogP contribution in [0.4, 0.5) is 0 Å². The number of sulfonamides is 2. The molecule has 10 heteroatoms. The van der Waals surface area contributed by atoms with Crippen LogP contribution in [0.15, 0.2) is 20.1 Å². The first-order valence-corrected chi connectivity index (χ1v) is 10.9. The third-order valence-corrected chi connectivity index (χ3v) is 8.20. The van der Waals surface area contributed by atoms with Gasteiger partial charge in [0.25, 0.3) is 10.0 Å². The van der Waals surface area contributed by atoms with Crippen molar-refractivity contribution in [2.24, 2.45) is 0 Å². The third-order valence-electron chi connectivity index (χ3n) is 2.92. The van der Waals surface area contributed by atoms with Crippen molar-refractivity contribution in [2.45, 2.75) is 23.1 Å². The zero-order valence-electron chi connectivity index (χ0n) is 10.7. The molecule has 20 heavy (non-hydrogen) atoms. The topological polar surface area (TPSA) is 83.6 Å².